The molecule has 1 amide bonds. The van der Waals surface area contributed by atoms with Crippen LogP contribution < -0.4 is 5.32 Å². The number of hydrogen-bond acceptors (Lipinski definition) is 5. The van der Waals surface area contributed by atoms with Gasteiger partial charge in [0.2, 0.25) is 0 Å². The van der Waals surface area contributed by atoms with Gasteiger partial charge in [-0.3, -0.25) is 9.69 Å². The summed E-state index contributed by atoms with van der Waals surface area (Å²) in [6.07, 6.45) is 1.01. The zero-order valence-electron chi connectivity index (χ0n) is 15.1. The standard InChI is InChI=1S/C18H22N4OS.3ClH/c1-13-20-16(12-24-13)11-21-6-8-22(9-7-21)18(23)15-2-3-17-14(10-15)4-5-19-17;;;/h2-3,10,12,19H,4-9,11H2,1H3;3*1H. The van der Waals surface area contributed by atoms with Crippen molar-refractivity contribution in [2.75, 3.05) is 38.0 Å². The summed E-state index contributed by atoms with van der Waals surface area (Å²) in [6.45, 7) is 7.30. The van der Waals surface area contributed by atoms with Gasteiger partial charge in [0.1, 0.15) is 0 Å². The summed E-state index contributed by atoms with van der Waals surface area (Å²) in [5, 5.41) is 6.59. The maximum absolute atomic E-state index is 12.7. The third-order valence-corrected chi connectivity index (χ3v) is 5.60. The van der Waals surface area contributed by atoms with Gasteiger partial charge >= 0.3 is 0 Å². The van der Waals surface area contributed by atoms with Crippen molar-refractivity contribution in [3.8, 4) is 0 Å². The van der Waals surface area contributed by atoms with Crippen LogP contribution in [0.1, 0.15) is 26.6 Å². The summed E-state index contributed by atoms with van der Waals surface area (Å²) < 4.78 is 0. The minimum Gasteiger partial charge on any atom is -0.384 e. The Morgan fingerprint density at radius 2 is 1.93 bits per heavy atom. The number of benzene rings is 1. The van der Waals surface area contributed by atoms with E-state index in [4.69, 9.17) is 0 Å². The minimum atomic E-state index is 0. The lowest BCUT2D eigenvalue weighted by Gasteiger charge is -2.34. The number of halogens is 3. The number of amides is 1. The third-order valence-electron chi connectivity index (χ3n) is 4.77. The Kier molecular flexibility index (Phi) is 9.31. The fraction of sp³-hybridized carbons (Fsp3) is 0.444. The predicted molar refractivity (Wildman–Crippen MR) is 118 cm³/mol. The van der Waals surface area contributed by atoms with E-state index in [-0.39, 0.29) is 43.1 Å². The first-order valence-electron chi connectivity index (χ1n) is 8.48. The molecule has 1 fully saturated rings. The number of carbonyl (C=O) groups excluding carboxylic acids is 1. The molecule has 1 aromatic heterocycles. The third kappa shape index (κ3) is 5.48. The quantitative estimate of drug-likeness (QED) is 0.774. The summed E-state index contributed by atoms with van der Waals surface area (Å²) in [5.74, 6) is 0.161. The second-order valence-corrected chi connectivity index (χ2v) is 7.54. The van der Waals surface area contributed by atoms with Crippen LogP contribution in [0, 0.1) is 6.92 Å². The summed E-state index contributed by atoms with van der Waals surface area (Å²) in [4.78, 5) is 21.6. The summed E-state index contributed by atoms with van der Waals surface area (Å²) in [7, 11) is 0. The van der Waals surface area contributed by atoms with Gasteiger partial charge in [0.25, 0.3) is 5.91 Å². The van der Waals surface area contributed by atoms with Crippen LogP contribution in [0.5, 0.6) is 0 Å². The van der Waals surface area contributed by atoms with Crippen molar-refractivity contribution < 1.29 is 4.79 Å². The number of nitrogens with zero attached hydrogens (tertiary/aromatic N) is 3. The average molecular weight is 452 g/mol. The SMILES string of the molecule is Cc1nc(CN2CCN(C(=O)c3ccc4c(c3)CCN4)CC2)cs1.Cl.Cl.Cl. The van der Waals surface area contributed by atoms with E-state index in [1.807, 2.05) is 24.0 Å². The lowest BCUT2D eigenvalue weighted by molar-refractivity contribution is 0.0627. The first kappa shape index (κ1) is 24.0. The van der Waals surface area contributed by atoms with Crippen LogP contribution in [-0.4, -0.2) is 53.4 Å². The molecule has 0 bridgehead atoms. The van der Waals surface area contributed by atoms with Crippen LogP contribution in [0.3, 0.4) is 0 Å². The van der Waals surface area contributed by atoms with Crippen LogP contribution in [0.15, 0.2) is 23.6 Å². The Morgan fingerprint density at radius 3 is 2.59 bits per heavy atom. The Morgan fingerprint density at radius 1 is 1.19 bits per heavy atom. The van der Waals surface area contributed by atoms with Gasteiger partial charge in [0.15, 0.2) is 0 Å². The minimum absolute atomic E-state index is 0. The van der Waals surface area contributed by atoms with Gasteiger partial charge < -0.3 is 10.2 Å². The number of thiazole rings is 1. The number of carbonyl (C=O) groups is 1. The molecule has 150 valence electrons. The molecule has 1 saturated heterocycles. The molecular formula is C18H25Cl3N4OS. The molecule has 3 heterocycles. The molecule has 0 unspecified atom stereocenters. The van der Waals surface area contributed by atoms with Crippen molar-refractivity contribution in [2.24, 2.45) is 0 Å². The van der Waals surface area contributed by atoms with E-state index in [0.29, 0.717) is 0 Å². The molecular weight excluding hydrogens is 427 g/mol. The Bertz CT molecular complexity index is 763. The van der Waals surface area contributed by atoms with Crippen LogP contribution in [0.25, 0.3) is 0 Å². The topological polar surface area (TPSA) is 48.5 Å². The molecule has 27 heavy (non-hydrogen) atoms. The second kappa shape index (κ2) is 10.5. The highest BCUT2D eigenvalue weighted by atomic mass is 35.5. The van der Waals surface area contributed by atoms with Crippen LogP contribution >= 0.6 is 48.6 Å². The molecule has 9 heteroatoms. The van der Waals surface area contributed by atoms with Gasteiger partial charge in [0, 0.05) is 55.9 Å². The van der Waals surface area contributed by atoms with E-state index in [1.165, 1.54) is 11.3 Å². The molecule has 1 aromatic carbocycles. The van der Waals surface area contributed by atoms with E-state index in [2.05, 4.69) is 26.6 Å². The lowest BCUT2D eigenvalue weighted by Crippen LogP contribution is -2.48. The van der Waals surface area contributed by atoms with Crippen molar-refractivity contribution >= 4 is 60.2 Å². The van der Waals surface area contributed by atoms with Crippen molar-refractivity contribution in [2.45, 2.75) is 19.9 Å². The maximum Gasteiger partial charge on any atom is 0.253 e. The van der Waals surface area contributed by atoms with Gasteiger partial charge in [-0.25, -0.2) is 4.98 Å². The molecule has 2 aliphatic heterocycles. The highest BCUT2D eigenvalue weighted by Crippen LogP contribution is 2.24. The number of hydrogen-bond donors (Lipinski definition) is 1. The fourth-order valence-corrected chi connectivity index (χ4v) is 4.04. The molecule has 0 aliphatic carbocycles. The van der Waals surface area contributed by atoms with Gasteiger partial charge in [-0.05, 0) is 37.1 Å². The molecule has 4 rings (SSSR count). The summed E-state index contributed by atoms with van der Waals surface area (Å²) >= 11 is 1.70. The number of rotatable bonds is 3. The van der Waals surface area contributed by atoms with Gasteiger partial charge in [-0.15, -0.1) is 48.6 Å². The molecule has 2 aliphatic rings. The first-order chi connectivity index (χ1) is 11.7. The molecule has 0 radical (unpaired) electrons. The number of nitrogens with one attached hydrogen (secondary N) is 1. The van der Waals surface area contributed by atoms with E-state index < -0.39 is 0 Å². The van der Waals surface area contributed by atoms with Crippen LogP contribution in [0.4, 0.5) is 5.69 Å². The van der Waals surface area contributed by atoms with Gasteiger partial charge in [-0.1, -0.05) is 0 Å². The molecule has 0 saturated carbocycles. The normalized spacial score (nSPS) is 15.7. The highest BCUT2D eigenvalue weighted by Gasteiger charge is 2.23. The Balaban J connectivity index is 0.00000121. The van der Waals surface area contributed by atoms with E-state index in [1.54, 1.807) is 11.3 Å². The molecule has 1 N–H and O–H groups in total. The zero-order chi connectivity index (χ0) is 16.5. The monoisotopic (exact) mass is 450 g/mol. The first-order valence-corrected chi connectivity index (χ1v) is 9.36. The molecule has 5 nitrogen and oxygen atoms in total. The molecule has 0 atom stereocenters. The number of aromatic nitrogens is 1. The van der Waals surface area contributed by atoms with E-state index in [0.717, 1.165) is 62.0 Å². The number of piperazine rings is 1. The van der Waals surface area contributed by atoms with Crippen molar-refractivity contribution in [3.05, 3.63) is 45.4 Å². The van der Waals surface area contributed by atoms with E-state index >= 15 is 0 Å². The fourth-order valence-electron chi connectivity index (χ4n) is 3.44. The van der Waals surface area contributed by atoms with E-state index in [9.17, 15) is 4.79 Å². The van der Waals surface area contributed by atoms with Gasteiger partial charge in [0.05, 0.1) is 10.7 Å². The van der Waals surface area contributed by atoms with Gasteiger partial charge in [-0.2, -0.15) is 0 Å². The average Bonchev–Trinajstić information content (AvgIpc) is 3.23. The lowest BCUT2D eigenvalue weighted by atomic mass is 10.1. The second-order valence-electron chi connectivity index (χ2n) is 6.47. The van der Waals surface area contributed by atoms with Crippen molar-refractivity contribution in [1.82, 2.24) is 14.8 Å². The maximum atomic E-state index is 12.7. The van der Waals surface area contributed by atoms with Crippen molar-refractivity contribution in [3.63, 3.8) is 0 Å². The number of fused-ring (bicyclic) bond motifs is 1. The number of anilines is 1. The highest BCUT2D eigenvalue weighted by molar-refractivity contribution is 7.09. The summed E-state index contributed by atoms with van der Waals surface area (Å²) in [5.41, 5.74) is 4.40. The molecule has 0 spiro atoms. The van der Waals surface area contributed by atoms with Crippen molar-refractivity contribution in [1.29, 1.82) is 0 Å². The zero-order valence-corrected chi connectivity index (χ0v) is 18.4. The predicted octanol–water partition coefficient (Wildman–Crippen LogP) is 3.64. The smallest absolute Gasteiger partial charge is 0.253 e. The Labute approximate surface area is 182 Å². The molecule has 2 aromatic rings. The van der Waals surface area contributed by atoms with Crippen LogP contribution in [-0.2, 0) is 13.0 Å². The van der Waals surface area contributed by atoms with Crippen LogP contribution in [0.2, 0.25) is 0 Å². The Hall–Kier alpha value is -1.05. The largest absolute Gasteiger partial charge is 0.384 e. The number of aryl methyl sites for hydroxylation is 1. The summed E-state index contributed by atoms with van der Waals surface area (Å²) in [6, 6.07) is 6.04.